The van der Waals surface area contributed by atoms with Gasteiger partial charge in [-0.2, -0.15) is 0 Å². The van der Waals surface area contributed by atoms with Gasteiger partial charge in [0.15, 0.2) is 0 Å². The fraction of sp³-hybridized carbons (Fsp3) is 0.286. The van der Waals surface area contributed by atoms with E-state index in [1.807, 2.05) is 60.9 Å². The number of amides is 1. The summed E-state index contributed by atoms with van der Waals surface area (Å²) in [4.78, 5) is 19.3. The van der Waals surface area contributed by atoms with Gasteiger partial charge in [-0.25, -0.2) is 9.37 Å². The highest BCUT2D eigenvalue weighted by Gasteiger charge is 2.35. The number of fused-ring (bicyclic) bond motifs is 1. The molecule has 0 saturated carbocycles. The largest absolute Gasteiger partial charge is 0.491 e. The average Bonchev–Trinajstić information content (AvgIpc) is 3.40. The van der Waals surface area contributed by atoms with Crippen LogP contribution < -0.4 is 9.64 Å². The van der Waals surface area contributed by atoms with Crippen molar-refractivity contribution in [1.82, 2.24) is 9.55 Å². The molecule has 3 aromatic carbocycles. The Hall–Kier alpha value is -3.71. The fourth-order valence-corrected chi connectivity index (χ4v) is 4.63. The Bertz CT molecular complexity index is 1380. The van der Waals surface area contributed by atoms with Crippen LogP contribution in [0, 0.1) is 19.7 Å². The van der Waals surface area contributed by atoms with Crippen molar-refractivity contribution >= 4 is 22.6 Å². The van der Waals surface area contributed by atoms with E-state index in [0.29, 0.717) is 12.2 Å². The third kappa shape index (κ3) is 4.77. The zero-order valence-corrected chi connectivity index (χ0v) is 19.8. The first kappa shape index (κ1) is 23.1. The second kappa shape index (κ2) is 9.50. The van der Waals surface area contributed by atoms with Crippen molar-refractivity contribution in [2.75, 3.05) is 18.1 Å². The Morgan fingerprint density at radius 1 is 1.09 bits per heavy atom. The fourth-order valence-electron chi connectivity index (χ4n) is 4.63. The molecule has 1 N–H and O–H groups in total. The number of carbonyl (C=O) groups is 1. The number of hydrogen-bond acceptors (Lipinski definition) is 4. The Kier molecular flexibility index (Phi) is 6.26. The molecule has 0 bridgehead atoms. The van der Waals surface area contributed by atoms with Gasteiger partial charge in [-0.05, 0) is 67.4 Å². The molecule has 0 unspecified atom stereocenters. The van der Waals surface area contributed by atoms with Crippen LogP contribution in [0.15, 0.2) is 66.7 Å². The van der Waals surface area contributed by atoms with E-state index >= 15 is 0 Å². The summed E-state index contributed by atoms with van der Waals surface area (Å²) in [6, 6.07) is 19.7. The molecule has 1 saturated heterocycles. The van der Waals surface area contributed by atoms with Gasteiger partial charge < -0.3 is 19.3 Å². The summed E-state index contributed by atoms with van der Waals surface area (Å²) in [5, 5.41) is 10.9. The predicted octanol–water partition coefficient (Wildman–Crippen LogP) is 4.75. The molecule has 4 aromatic rings. The molecule has 6 nitrogen and oxygen atoms in total. The minimum absolute atomic E-state index is 0.0715. The molecule has 5 rings (SSSR count). The van der Waals surface area contributed by atoms with Crippen molar-refractivity contribution in [3.05, 3.63) is 89.5 Å². The molecule has 35 heavy (non-hydrogen) atoms. The number of hydrogen-bond donors (Lipinski definition) is 1. The molecule has 1 amide bonds. The van der Waals surface area contributed by atoms with Gasteiger partial charge in [-0.3, -0.25) is 4.79 Å². The quantitative estimate of drug-likeness (QED) is 0.421. The highest BCUT2D eigenvalue weighted by Crippen LogP contribution is 2.33. The van der Waals surface area contributed by atoms with Gasteiger partial charge in [0.2, 0.25) is 5.91 Å². The number of para-hydroxylation sites is 2. The number of aromatic nitrogens is 2. The standard InChI is InChI=1S/C28H28FN3O3/c1-18-10-11-24(12-19(18)2)35-17-23(33)16-32-26-9-4-3-8-25(26)30-28(32)20-13-27(34)31(15-20)22-7-5-6-21(29)14-22/h3-12,14,20,23,33H,13,15-17H2,1-2H3/t20-,23+/m1/s1. The summed E-state index contributed by atoms with van der Waals surface area (Å²) < 4.78 is 21.6. The van der Waals surface area contributed by atoms with Crippen molar-refractivity contribution in [1.29, 1.82) is 0 Å². The van der Waals surface area contributed by atoms with E-state index in [2.05, 4.69) is 0 Å². The first-order valence-corrected chi connectivity index (χ1v) is 11.8. The number of anilines is 1. The molecule has 7 heteroatoms. The Balaban J connectivity index is 1.37. The van der Waals surface area contributed by atoms with Gasteiger partial charge in [-0.15, -0.1) is 0 Å². The smallest absolute Gasteiger partial charge is 0.227 e. The molecule has 0 radical (unpaired) electrons. The first-order valence-electron chi connectivity index (χ1n) is 11.8. The van der Waals surface area contributed by atoms with Gasteiger partial charge in [0.1, 0.15) is 30.1 Å². The maximum absolute atomic E-state index is 13.8. The summed E-state index contributed by atoms with van der Waals surface area (Å²) in [6.45, 7) is 4.89. The van der Waals surface area contributed by atoms with E-state index in [9.17, 15) is 14.3 Å². The van der Waals surface area contributed by atoms with Crippen LogP contribution in [0.1, 0.15) is 29.3 Å². The number of halogens is 1. The molecule has 180 valence electrons. The Morgan fingerprint density at radius 2 is 1.91 bits per heavy atom. The molecule has 0 spiro atoms. The first-order chi connectivity index (χ1) is 16.9. The second-order valence-electron chi connectivity index (χ2n) is 9.17. The summed E-state index contributed by atoms with van der Waals surface area (Å²) in [6.07, 6.45) is -0.501. The lowest BCUT2D eigenvalue weighted by molar-refractivity contribution is -0.117. The summed E-state index contributed by atoms with van der Waals surface area (Å²) in [5.74, 6) is 0.834. The normalized spacial score (nSPS) is 16.7. The highest BCUT2D eigenvalue weighted by molar-refractivity contribution is 5.96. The Labute approximate surface area is 203 Å². The molecule has 0 aliphatic carbocycles. The molecule has 2 atom stereocenters. The maximum Gasteiger partial charge on any atom is 0.227 e. The molecular formula is C28H28FN3O3. The van der Waals surface area contributed by atoms with Gasteiger partial charge >= 0.3 is 0 Å². The highest BCUT2D eigenvalue weighted by atomic mass is 19.1. The lowest BCUT2D eigenvalue weighted by atomic mass is 10.1. The number of aryl methyl sites for hydroxylation is 2. The van der Waals surface area contributed by atoms with E-state index in [0.717, 1.165) is 28.2 Å². The maximum atomic E-state index is 13.8. The van der Waals surface area contributed by atoms with Crippen LogP contribution >= 0.6 is 0 Å². The van der Waals surface area contributed by atoms with Crippen LogP contribution in [0.4, 0.5) is 10.1 Å². The minimum atomic E-state index is -0.774. The number of aliphatic hydroxyl groups is 1. The molecule has 1 aliphatic rings. The van der Waals surface area contributed by atoms with Gasteiger partial charge in [-0.1, -0.05) is 24.3 Å². The van der Waals surface area contributed by atoms with E-state index < -0.39 is 6.10 Å². The summed E-state index contributed by atoms with van der Waals surface area (Å²) in [5.41, 5.74) is 4.56. The van der Waals surface area contributed by atoms with Crippen LogP contribution in [0.5, 0.6) is 5.75 Å². The third-order valence-corrected chi connectivity index (χ3v) is 6.61. The van der Waals surface area contributed by atoms with Crippen molar-refractivity contribution in [2.24, 2.45) is 0 Å². The van der Waals surface area contributed by atoms with Crippen molar-refractivity contribution in [3.8, 4) is 5.75 Å². The summed E-state index contributed by atoms with van der Waals surface area (Å²) in [7, 11) is 0. The van der Waals surface area contributed by atoms with Crippen LogP contribution in [0.3, 0.4) is 0 Å². The van der Waals surface area contributed by atoms with E-state index in [1.54, 1.807) is 17.0 Å². The molecule has 1 aliphatic heterocycles. The lowest BCUT2D eigenvalue weighted by Gasteiger charge is -2.19. The monoisotopic (exact) mass is 473 g/mol. The van der Waals surface area contributed by atoms with Crippen LogP contribution in [0.25, 0.3) is 11.0 Å². The van der Waals surface area contributed by atoms with Crippen LogP contribution in [-0.4, -0.2) is 39.8 Å². The van der Waals surface area contributed by atoms with Gasteiger partial charge in [0.25, 0.3) is 0 Å². The predicted molar refractivity (Wildman–Crippen MR) is 133 cm³/mol. The molecule has 1 fully saturated rings. The number of aliphatic hydroxyl groups excluding tert-OH is 1. The minimum Gasteiger partial charge on any atom is -0.491 e. The third-order valence-electron chi connectivity index (χ3n) is 6.61. The zero-order valence-electron chi connectivity index (χ0n) is 19.8. The second-order valence-corrected chi connectivity index (χ2v) is 9.17. The van der Waals surface area contributed by atoms with Crippen LogP contribution in [-0.2, 0) is 11.3 Å². The molecule has 1 aromatic heterocycles. The number of nitrogens with zero attached hydrogens (tertiary/aromatic N) is 3. The van der Waals surface area contributed by atoms with E-state index in [1.165, 1.54) is 17.7 Å². The van der Waals surface area contributed by atoms with Crippen molar-refractivity contribution < 1.29 is 19.0 Å². The van der Waals surface area contributed by atoms with Crippen LogP contribution in [0.2, 0.25) is 0 Å². The number of rotatable bonds is 7. The summed E-state index contributed by atoms with van der Waals surface area (Å²) >= 11 is 0. The van der Waals surface area contributed by atoms with Gasteiger partial charge in [0, 0.05) is 24.6 Å². The SMILES string of the molecule is Cc1ccc(OC[C@@H](O)Cn2c([C@@H]3CC(=O)N(c4cccc(F)c4)C3)nc3ccccc32)cc1C. The number of imidazole rings is 1. The average molecular weight is 474 g/mol. The lowest BCUT2D eigenvalue weighted by Crippen LogP contribution is -2.26. The number of ether oxygens (including phenoxy) is 1. The van der Waals surface area contributed by atoms with Crippen molar-refractivity contribution in [2.45, 2.75) is 38.8 Å². The van der Waals surface area contributed by atoms with E-state index in [-0.39, 0.29) is 37.2 Å². The van der Waals surface area contributed by atoms with Crippen molar-refractivity contribution in [3.63, 3.8) is 0 Å². The Morgan fingerprint density at radius 3 is 2.71 bits per heavy atom. The topological polar surface area (TPSA) is 67.6 Å². The molecular weight excluding hydrogens is 445 g/mol. The number of benzene rings is 3. The van der Waals surface area contributed by atoms with Gasteiger partial charge in [0.05, 0.1) is 17.6 Å². The zero-order chi connectivity index (χ0) is 24.5. The van der Waals surface area contributed by atoms with E-state index in [4.69, 9.17) is 9.72 Å². The number of carbonyl (C=O) groups excluding carboxylic acids is 1. The molecule has 2 heterocycles.